The predicted octanol–water partition coefficient (Wildman–Crippen LogP) is 4.76. The van der Waals surface area contributed by atoms with Crippen LogP contribution in [-0.4, -0.2) is 23.3 Å². The molecule has 3 rings (SSSR count). The van der Waals surface area contributed by atoms with Gasteiger partial charge in [0.25, 0.3) is 0 Å². The largest absolute Gasteiger partial charge is 0.525 e. The van der Waals surface area contributed by atoms with Gasteiger partial charge in [-0.05, 0) is 45.9 Å². The number of nitrogens with one attached hydrogen (secondary N) is 1. The van der Waals surface area contributed by atoms with Crippen LogP contribution in [0.25, 0.3) is 17.0 Å². The van der Waals surface area contributed by atoms with Crippen LogP contribution in [0.3, 0.4) is 0 Å². The van der Waals surface area contributed by atoms with Crippen LogP contribution in [0.2, 0.25) is 5.02 Å². The Morgan fingerprint density at radius 1 is 1.23 bits per heavy atom. The summed E-state index contributed by atoms with van der Waals surface area (Å²) in [6.07, 6.45) is 3.18. The van der Waals surface area contributed by atoms with E-state index in [1.807, 2.05) is 33.8 Å². The quantitative estimate of drug-likeness (QED) is 0.809. The molecule has 116 valence electrons. The highest BCUT2D eigenvalue weighted by Gasteiger charge is 2.53. The molecule has 3 nitrogen and oxygen atoms in total. The van der Waals surface area contributed by atoms with Gasteiger partial charge in [0, 0.05) is 27.7 Å². The molecule has 0 spiro atoms. The number of hydrogen-bond donors (Lipinski definition) is 1. The molecular weight excluding hydrogens is 303 g/mol. The standard InChI is InChI=1S/C16H18BClFNO2/c1-15(2)16(3,4)22-17(21-15)14(19)7-10-9-20-13-8-11(18)5-6-12(10)13/h5-9,20H,1-4H3. The molecule has 2 heterocycles. The van der Waals surface area contributed by atoms with Gasteiger partial charge in [0.2, 0.25) is 0 Å². The Bertz CT molecular complexity index is 738. The van der Waals surface area contributed by atoms with Crippen molar-refractivity contribution >= 4 is 35.7 Å². The molecule has 2 aromatic rings. The highest BCUT2D eigenvalue weighted by atomic mass is 35.5. The maximum atomic E-state index is 14.5. The number of aromatic nitrogens is 1. The smallest absolute Gasteiger partial charge is 0.398 e. The van der Waals surface area contributed by atoms with Gasteiger partial charge in [0.1, 0.15) is 5.73 Å². The number of halogens is 2. The summed E-state index contributed by atoms with van der Waals surface area (Å²) in [5.74, 6) is 0. The van der Waals surface area contributed by atoms with Gasteiger partial charge >= 0.3 is 7.12 Å². The molecule has 0 amide bonds. The molecule has 1 aromatic heterocycles. The Kier molecular flexibility index (Phi) is 3.63. The number of benzene rings is 1. The lowest BCUT2D eigenvalue weighted by Crippen LogP contribution is -2.41. The van der Waals surface area contributed by atoms with Crippen molar-refractivity contribution in [2.45, 2.75) is 38.9 Å². The van der Waals surface area contributed by atoms with Gasteiger partial charge in [-0.1, -0.05) is 17.7 Å². The van der Waals surface area contributed by atoms with E-state index in [1.165, 1.54) is 6.08 Å². The van der Waals surface area contributed by atoms with E-state index in [0.717, 1.165) is 16.5 Å². The van der Waals surface area contributed by atoms with E-state index >= 15 is 0 Å². The summed E-state index contributed by atoms with van der Waals surface area (Å²) < 4.78 is 26.0. The van der Waals surface area contributed by atoms with Crippen molar-refractivity contribution in [3.63, 3.8) is 0 Å². The first-order chi connectivity index (χ1) is 10.2. The number of hydrogen-bond acceptors (Lipinski definition) is 2. The van der Waals surface area contributed by atoms with Gasteiger partial charge in [0.15, 0.2) is 0 Å². The van der Waals surface area contributed by atoms with Crippen LogP contribution < -0.4 is 0 Å². The van der Waals surface area contributed by atoms with E-state index < -0.39 is 24.0 Å². The summed E-state index contributed by atoms with van der Waals surface area (Å²) in [6.45, 7) is 7.59. The monoisotopic (exact) mass is 321 g/mol. The minimum absolute atomic E-state index is 0.450. The first kappa shape index (κ1) is 15.6. The molecule has 1 aromatic carbocycles. The third kappa shape index (κ3) is 2.58. The normalized spacial score (nSPS) is 20.8. The summed E-state index contributed by atoms with van der Waals surface area (Å²) in [6, 6.07) is 5.44. The second kappa shape index (κ2) is 5.12. The second-order valence-corrected chi connectivity index (χ2v) is 6.99. The van der Waals surface area contributed by atoms with Gasteiger partial charge in [-0.3, -0.25) is 0 Å². The maximum Gasteiger partial charge on any atom is 0.525 e. The summed E-state index contributed by atoms with van der Waals surface area (Å²) in [4.78, 5) is 3.08. The molecule has 0 radical (unpaired) electrons. The van der Waals surface area contributed by atoms with E-state index in [0.29, 0.717) is 5.02 Å². The molecule has 0 aliphatic carbocycles. The number of fused-ring (bicyclic) bond motifs is 1. The Morgan fingerprint density at radius 2 is 1.86 bits per heavy atom. The van der Waals surface area contributed by atoms with Crippen molar-refractivity contribution in [3.05, 3.63) is 40.7 Å². The number of aromatic amines is 1. The molecule has 0 bridgehead atoms. The number of rotatable bonds is 2. The minimum Gasteiger partial charge on any atom is -0.398 e. The first-order valence-corrected chi connectivity index (χ1v) is 7.57. The van der Waals surface area contributed by atoms with Crippen molar-refractivity contribution in [1.82, 2.24) is 4.98 Å². The van der Waals surface area contributed by atoms with E-state index in [9.17, 15) is 4.39 Å². The van der Waals surface area contributed by atoms with Crippen LogP contribution in [0.4, 0.5) is 4.39 Å². The van der Waals surface area contributed by atoms with Crippen LogP contribution in [0, 0.1) is 0 Å². The summed E-state index contributed by atoms with van der Waals surface area (Å²) in [5, 5.41) is 1.53. The van der Waals surface area contributed by atoms with Crippen molar-refractivity contribution in [2.75, 3.05) is 0 Å². The predicted molar refractivity (Wildman–Crippen MR) is 88.5 cm³/mol. The molecule has 0 unspecified atom stereocenters. The molecule has 22 heavy (non-hydrogen) atoms. The van der Waals surface area contributed by atoms with Gasteiger partial charge in [-0.15, -0.1) is 0 Å². The van der Waals surface area contributed by atoms with Gasteiger partial charge in [0.05, 0.1) is 11.2 Å². The van der Waals surface area contributed by atoms with Gasteiger partial charge < -0.3 is 14.3 Å². The van der Waals surface area contributed by atoms with Crippen molar-refractivity contribution < 1.29 is 13.7 Å². The molecule has 1 aliphatic rings. The topological polar surface area (TPSA) is 34.2 Å². The molecular formula is C16H18BClFNO2. The molecule has 0 saturated carbocycles. The Morgan fingerprint density at radius 3 is 2.50 bits per heavy atom. The highest BCUT2D eigenvalue weighted by Crippen LogP contribution is 2.39. The fourth-order valence-electron chi connectivity index (χ4n) is 2.41. The SMILES string of the molecule is CC1(C)OB(C(F)=Cc2c[nH]c3cc(Cl)ccc23)OC1(C)C. The highest BCUT2D eigenvalue weighted by molar-refractivity contribution is 6.54. The van der Waals surface area contributed by atoms with Crippen molar-refractivity contribution in [3.8, 4) is 0 Å². The lowest BCUT2D eigenvalue weighted by atomic mass is 9.87. The van der Waals surface area contributed by atoms with Crippen LogP contribution in [-0.2, 0) is 9.31 Å². The van der Waals surface area contributed by atoms with Crippen molar-refractivity contribution in [2.24, 2.45) is 0 Å². The van der Waals surface area contributed by atoms with E-state index in [1.54, 1.807) is 18.3 Å². The van der Waals surface area contributed by atoms with E-state index in [-0.39, 0.29) is 0 Å². The third-order valence-electron chi connectivity index (χ3n) is 4.45. The summed E-state index contributed by atoms with van der Waals surface area (Å²) in [7, 11) is -0.984. The Balaban J connectivity index is 1.91. The average molecular weight is 322 g/mol. The van der Waals surface area contributed by atoms with Crippen LogP contribution in [0.15, 0.2) is 30.1 Å². The lowest BCUT2D eigenvalue weighted by molar-refractivity contribution is 0.00578. The zero-order valence-corrected chi connectivity index (χ0v) is 13.8. The van der Waals surface area contributed by atoms with Crippen LogP contribution >= 0.6 is 11.6 Å². The fraction of sp³-hybridized carbons (Fsp3) is 0.375. The summed E-state index contributed by atoms with van der Waals surface area (Å²) >= 11 is 5.95. The van der Waals surface area contributed by atoms with E-state index in [2.05, 4.69) is 4.98 Å². The van der Waals surface area contributed by atoms with Crippen LogP contribution in [0.5, 0.6) is 0 Å². The van der Waals surface area contributed by atoms with Gasteiger partial charge in [-0.2, -0.15) is 0 Å². The first-order valence-electron chi connectivity index (χ1n) is 7.19. The third-order valence-corrected chi connectivity index (χ3v) is 4.68. The number of H-pyrrole nitrogens is 1. The molecule has 0 atom stereocenters. The summed E-state index contributed by atoms with van der Waals surface area (Å²) in [5.41, 5.74) is 0.0292. The lowest BCUT2D eigenvalue weighted by Gasteiger charge is -2.32. The molecule has 1 saturated heterocycles. The average Bonchev–Trinajstić information content (AvgIpc) is 2.88. The Hall–Kier alpha value is -1.30. The Labute approximate surface area is 134 Å². The zero-order chi connectivity index (χ0) is 16.1. The fourth-order valence-corrected chi connectivity index (χ4v) is 2.58. The van der Waals surface area contributed by atoms with Crippen LogP contribution in [0.1, 0.15) is 33.3 Å². The van der Waals surface area contributed by atoms with Gasteiger partial charge in [-0.25, -0.2) is 4.39 Å². The van der Waals surface area contributed by atoms with Crippen molar-refractivity contribution in [1.29, 1.82) is 0 Å². The maximum absolute atomic E-state index is 14.5. The minimum atomic E-state index is -0.984. The molecule has 1 fully saturated rings. The molecule has 1 N–H and O–H groups in total. The second-order valence-electron chi connectivity index (χ2n) is 6.55. The zero-order valence-electron chi connectivity index (χ0n) is 13.0. The molecule has 6 heteroatoms. The molecule has 1 aliphatic heterocycles. The van der Waals surface area contributed by atoms with E-state index in [4.69, 9.17) is 20.9 Å².